The van der Waals surface area contributed by atoms with Crippen LogP contribution < -0.4 is 0 Å². The SMILES string of the molecule is CC/C=C/C/C=C/C/C=C/C/C=C/CCCCCCCCC(=O)OC(COCCC(C(=O)O)[N+](C)(C)C)COC(=O)CCCCC/C=C/C=C/CCCC. The van der Waals surface area contributed by atoms with Crippen molar-refractivity contribution in [3.8, 4) is 0 Å². The number of rotatable bonds is 36. The second-order valence-electron chi connectivity index (χ2n) is 14.9. The Bertz CT molecular complexity index is 1110. The summed E-state index contributed by atoms with van der Waals surface area (Å²) in [5, 5.41) is 9.60. The van der Waals surface area contributed by atoms with E-state index in [9.17, 15) is 19.5 Å². The molecule has 54 heavy (non-hydrogen) atoms. The average molecular weight is 757 g/mol. The number of carbonyl (C=O) groups excluding carboxylic acids is 2. The maximum absolute atomic E-state index is 12.7. The van der Waals surface area contributed by atoms with Crippen molar-refractivity contribution >= 4 is 17.9 Å². The van der Waals surface area contributed by atoms with Crippen LogP contribution in [-0.2, 0) is 28.6 Å². The van der Waals surface area contributed by atoms with E-state index in [1.54, 1.807) is 0 Å². The molecule has 0 bridgehead atoms. The minimum Gasteiger partial charge on any atom is -0.477 e. The van der Waals surface area contributed by atoms with Gasteiger partial charge in [-0.15, -0.1) is 0 Å². The Morgan fingerprint density at radius 2 is 1.09 bits per heavy atom. The Morgan fingerprint density at radius 1 is 0.593 bits per heavy atom. The van der Waals surface area contributed by atoms with Crippen molar-refractivity contribution < 1.29 is 38.2 Å². The predicted octanol–water partition coefficient (Wildman–Crippen LogP) is 11.2. The third-order valence-electron chi connectivity index (χ3n) is 8.87. The first-order chi connectivity index (χ1) is 26.1. The number of quaternary nitrogens is 1. The highest BCUT2D eigenvalue weighted by molar-refractivity contribution is 5.72. The van der Waals surface area contributed by atoms with Crippen molar-refractivity contribution in [2.24, 2.45) is 0 Å². The first-order valence-corrected chi connectivity index (χ1v) is 21.0. The second-order valence-corrected chi connectivity index (χ2v) is 14.9. The minimum absolute atomic E-state index is 0.0427. The van der Waals surface area contributed by atoms with Crippen LogP contribution in [0.1, 0.15) is 149 Å². The zero-order valence-electron chi connectivity index (χ0n) is 34.9. The van der Waals surface area contributed by atoms with Gasteiger partial charge in [-0.05, 0) is 70.6 Å². The lowest BCUT2D eigenvalue weighted by atomic mass is 10.1. The van der Waals surface area contributed by atoms with Gasteiger partial charge in [0.15, 0.2) is 12.1 Å². The number of nitrogens with zero attached hydrogens (tertiary/aromatic N) is 1. The maximum atomic E-state index is 12.7. The van der Waals surface area contributed by atoms with Gasteiger partial charge in [-0.1, -0.05) is 132 Å². The van der Waals surface area contributed by atoms with E-state index in [1.165, 1.54) is 25.7 Å². The number of hydrogen-bond acceptors (Lipinski definition) is 6. The number of unbranched alkanes of at least 4 members (excludes halogenated alkanes) is 11. The van der Waals surface area contributed by atoms with Crippen LogP contribution in [0.25, 0.3) is 0 Å². The van der Waals surface area contributed by atoms with Crippen LogP contribution >= 0.6 is 0 Å². The fraction of sp³-hybridized carbons (Fsp3) is 0.674. The van der Waals surface area contributed by atoms with Crippen molar-refractivity contribution in [3.05, 3.63) is 72.9 Å². The lowest BCUT2D eigenvalue weighted by Crippen LogP contribution is -2.50. The van der Waals surface area contributed by atoms with Gasteiger partial charge in [0, 0.05) is 19.3 Å². The maximum Gasteiger partial charge on any atom is 0.362 e. The molecule has 0 aromatic carbocycles. The number of likely N-dealkylation sites (N-methyl/N-ethyl adjacent to an activating group) is 1. The number of esters is 2. The van der Waals surface area contributed by atoms with E-state index in [2.05, 4.69) is 86.8 Å². The van der Waals surface area contributed by atoms with Crippen LogP contribution in [0, 0.1) is 0 Å². The number of allylic oxidation sites excluding steroid dienone is 12. The standard InChI is InChI=1S/C46H77NO7/c1-6-8-10-12-14-16-18-19-20-21-22-23-24-25-27-29-31-33-35-37-45(49)54-42(40-52-39-38-43(46(50)51)47(3,4)5)41-53-44(48)36-34-32-30-28-26-17-15-13-11-9-7-2/h8,10,13-17,19-20,22-23,26,42-43H,6-7,9,11-12,18,21,24-25,27-41H2,1-5H3/p+1/b10-8+,15-13+,16-14+,20-19+,23-22+,26-17+. The smallest absolute Gasteiger partial charge is 0.362 e. The number of hydrogen-bond donors (Lipinski definition) is 1. The summed E-state index contributed by atoms with van der Waals surface area (Å²) in [4.78, 5) is 36.9. The summed E-state index contributed by atoms with van der Waals surface area (Å²) in [6, 6.07) is -0.624. The first-order valence-electron chi connectivity index (χ1n) is 21.0. The van der Waals surface area contributed by atoms with Crippen molar-refractivity contribution in [1.82, 2.24) is 0 Å². The molecule has 8 nitrogen and oxygen atoms in total. The molecule has 0 amide bonds. The molecule has 0 rings (SSSR count). The lowest BCUT2D eigenvalue weighted by molar-refractivity contribution is -0.887. The molecule has 308 valence electrons. The number of carboxylic acid groups (broad SMARTS) is 1. The summed E-state index contributed by atoms with van der Waals surface area (Å²) >= 11 is 0. The normalized spacial score (nSPS) is 13.7. The first kappa shape index (κ1) is 50.8. The third-order valence-corrected chi connectivity index (χ3v) is 8.87. The molecule has 0 aliphatic carbocycles. The van der Waals surface area contributed by atoms with E-state index >= 15 is 0 Å². The van der Waals surface area contributed by atoms with Crippen LogP contribution in [0.5, 0.6) is 0 Å². The lowest BCUT2D eigenvalue weighted by Gasteiger charge is -2.31. The summed E-state index contributed by atoms with van der Waals surface area (Å²) in [5.74, 6) is -1.53. The molecule has 1 N–H and O–H groups in total. The van der Waals surface area contributed by atoms with Crippen molar-refractivity contribution in [2.75, 3.05) is 41.0 Å². The molecule has 0 saturated carbocycles. The summed E-state index contributed by atoms with van der Waals surface area (Å²) < 4.78 is 17.2. The summed E-state index contributed by atoms with van der Waals surface area (Å²) in [5.41, 5.74) is 0. The average Bonchev–Trinajstić information content (AvgIpc) is 3.12. The van der Waals surface area contributed by atoms with E-state index in [0.717, 1.165) is 89.9 Å². The molecule has 0 aliphatic heterocycles. The molecule has 0 saturated heterocycles. The molecule has 0 heterocycles. The zero-order chi connectivity index (χ0) is 40.0. The van der Waals surface area contributed by atoms with Crippen molar-refractivity contribution in [1.29, 1.82) is 0 Å². The summed E-state index contributed by atoms with van der Waals surface area (Å²) in [7, 11) is 5.50. The van der Waals surface area contributed by atoms with Gasteiger partial charge in [0.25, 0.3) is 0 Å². The van der Waals surface area contributed by atoms with Crippen LogP contribution in [0.15, 0.2) is 72.9 Å². The molecule has 0 spiro atoms. The molecule has 2 atom stereocenters. The highest BCUT2D eigenvalue weighted by atomic mass is 16.6. The molecular weight excluding hydrogens is 679 g/mol. The molecule has 0 aliphatic rings. The highest BCUT2D eigenvalue weighted by Gasteiger charge is 2.31. The number of carboxylic acids is 1. The quantitative estimate of drug-likeness (QED) is 0.0223. The van der Waals surface area contributed by atoms with Crippen LogP contribution in [-0.4, -0.2) is 80.6 Å². The highest BCUT2D eigenvalue weighted by Crippen LogP contribution is 2.12. The van der Waals surface area contributed by atoms with Crippen molar-refractivity contribution in [2.45, 2.75) is 161 Å². The zero-order valence-corrected chi connectivity index (χ0v) is 34.9. The molecule has 2 unspecified atom stereocenters. The van der Waals surface area contributed by atoms with E-state index < -0.39 is 18.1 Å². The Hall–Kier alpha value is -3.23. The number of carbonyl (C=O) groups is 3. The van der Waals surface area contributed by atoms with E-state index in [-0.39, 0.29) is 36.2 Å². The van der Waals surface area contributed by atoms with Gasteiger partial charge in [-0.3, -0.25) is 9.59 Å². The Balaban J connectivity index is 4.42. The van der Waals surface area contributed by atoms with E-state index in [1.807, 2.05) is 21.1 Å². The van der Waals surface area contributed by atoms with Crippen molar-refractivity contribution in [3.63, 3.8) is 0 Å². The molecule has 0 aromatic heterocycles. The predicted molar refractivity (Wildman–Crippen MR) is 224 cm³/mol. The number of ether oxygens (including phenoxy) is 3. The summed E-state index contributed by atoms with van der Waals surface area (Å²) in [6.07, 6.45) is 45.2. The number of aliphatic carboxylic acids is 1. The van der Waals surface area contributed by atoms with Gasteiger partial charge in [0.05, 0.1) is 34.4 Å². The largest absolute Gasteiger partial charge is 0.477 e. The molecule has 0 aromatic rings. The van der Waals surface area contributed by atoms with Gasteiger partial charge in [-0.2, -0.15) is 0 Å². The summed E-state index contributed by atoms with van der Waals surface area (Å²) in [6.45, 7) is 4.50. The van der Waals surface area contributed by atoms with Crippen LogP contribution in [0.3, 0.4) is 0 Å². The minimum atomic E-state index is -0.885. The molecule has 0 fully saturated rings. The molecular formula is C46H78NO7+. The monoisotopic (exact) mass is 757 g/mol. The Kier molecular flexibility index (Phi) is 34.5. The third kappa shape index (κ3) is 34.5. The fourth-order valence-electron chi connectivity index (χ4n) is 5.59. The second kappa shape index (κ2) is 36.7. The van der Waals surface area contributed by atoms with Crippen LogP contribution in [0.2, 0.25) is 0 Å². The van der Waals surface area contributed by atoms with Gasteiger partial charge >= 0.3 is 17.9 Å². The van der Waals surface area contributed by atoms with Gasteiger partial charge in [0.2, 0.25) is 0 Å². The van der Waals surface area contributed by atoms with Gasteiger partial charge in [0.1, 0.15) is 6.61 Å². The van der Waals surface area contributed by atoms with Gasteiger partial charge in [-0.25, -0.2) is 4.79 Å². The Labute approximate surface area is 330 Å². The fourth-order valence-corrected chi connectivity index (χ4v) is 5.59. The Morgan fingerprint density at radius 3 is 1.67 bits per heavy atom. The molecule has 0 radical (unpaired) electrons. The van der Waals surface area contributed by atoms with E-state index in [0.29, 0.717) is 19.3 Å². The molecule has 8 heteroatoms. The van der Waals surface area contributed by atoms with Gasteiger partial charge < -0.3 is 23.8 Å². The topological polar surface area (TPSA) is 99.1 Å². The van der Waals surface area contributed by atoms with Crippen LogP contribution in [0.4, 0.5) is 0 Å². The van der Waals surface area contributed by atoms with E-state index in [4.69, 9.17) is 14.2 Å².